The van der Waals surface area contributed by atoms with E-state index in [-0.39, 0.29) is 48.0 Å². The van der Waals surface area contributed by atoms with Crippen LogP contribution in [0.3, 0.4) is 0 Å². The van der Waals surface area contributed by atoms with Gasteiger partial charge in [0.2, 0.25) is 5.95 Å². The number of carbonyl (C=O) groups excluding carboxylic acids is 1. The molecule has 1 atom stereocenters. The Balaban J connectivity index is 1.17. The Kier molecular flexibility index (Phi) is 6.94. The normalized spacial score (nSPS) is 21.4. The first-order chi connectivity index (χ1) is 20.3. The van der Waals surface area contributed by atoms with E-state index in [2.05, 4.69) is 30.5 Å². The molecule has 1 aromatic carbocycles. The van der Waals surface area contributed by atoms with Crippen molar-refractivity contribution in [3.8, 4) is 11.5 Å². The number of amides is 1. The SMILES string of the molecule is O=C(c1ccc(Nc2nc(N[C@@H]3CCOC3)c3c(C(F)(F)F)c[nH]c3n2)c2c1OCCO2)N1CCN(C2COC2)CC1. The Morgan fingerprint density at radius 1 is 0.976 bits per heavy atom. The fourth-order valence-corrected chi connectivity index (χ4v) is 5.68. The van der Waals surface area contributed by atoms with Crippen molar-refractivity contribution in [3.63, 3.8) is 0 Å². The van der Waals surface area contributed by atoms with Crippen molar-refractivity contribution < 1.29 is 36.9 Å². The summed E-state index contributed by atoms with van der Waals surface area (Å²) in [6.45, 7) is 5.61. The van der Waals surface area contributed by atoms with Gasteiger partial charge in [0, 0.05) is 39.0 Å². The van der Waals surface area contributed by atoms with Gasteiger partial charge in [-0.15, -0.1) is 0 Å². The zero-order valence-electron chi connectivity index (χ0n) is 22.6. The van der Waals surface area contributed by atoms with Gasteiger partial charge in [-0.2, -0.15) is 23.1 Å². The fourth-order valence-electron chi connectivity index (χ4n) is 5.68. The maximum Gasteiger partial charge on any atom is 0.418 e. The van der Waals surface area contributed by atoms with Crippen LogP contribution in [0.4, 0.5) is 30.6 Å². The lowest BCUT2D eigenvalue weighted by molar-refractivity contribution is -0.136. The summed E-state index contributed by atoms with van der Waals surface area (Å²) in [7, 11) is 0. The minimum atomic E-state index is -4.59. The molecule has 0 spiro atoms. The van der Waals surface area contributed by atoms with Crippen molar-refractivity contribution in [1.29, 1.82) is 0 Å². The average Bonchev–Trinajstić information content (AvgIpc) is 3.63. The Bertz CT molecular complexity index is 1480. The number of anilines is 3. The van der Waals surface area contributed by atoms with Crippen LogP contribution in [0.25, 0.3) is 11.0 Å². The number of rotatable bonds is 6. The maximum absolute atomic E-state index is 13.8. The van der Waals surface area contributed by atoms with Gasteiger partial charge in [0.05, 0.1) is 54.1 Å². The predicted octanol–water partition coefficient (Wildman–Crippen LogP) is 2.85. The molecule has 0 saturated carbocycles. The van der Waals surface area contributed by atoms with Crippen molar-refractivity contribution in [2.45, 2.75) is 24.7 Å². The third-order valence-corrected chi connectivity index (χ3v) is 8.01. The lowest BCUT2D eigenvalue weighted by Gasteiger charge is -2.42. The summed E-state index contributed by atoms with van der Waals surface area (Å²) in [6.07, 6.45) is -3.07. The summed E-state index contributed by atoms with van der Waals surface area (Å²) in [5, 5.41) is 6.02. The molecule has 7 rings (SSSR count). The number of H-pyrrole nitrogens is 1. The van der Waals surface area contributed by atoms with Crippen LogP contribution < -0.4 is 20.1 Å². The number of piperazine rings is 1. The highest BCUT2D eigenvalue weighted by atomic mass is 19.4. The second kappa shape index (κ2) is 10.8. The molecule has 0 unspecified atom stereocenters. The van der Waals surface area contributed by atoms with Crippen LogP contribution >= 0.6 is 0 Å². The van der Waals surface area contributed by atoms with E-state index in [1.165, 1.54) is 0 Å². The highest BCUT2D eigenvalue weighted by Crippen LogP contribution is 2.43. The summed E-state index contributed by atoms with van der Waals surface area (Å²) < 4.78 is 63.9. The van der Waals surface area contributed by atoms with Crippen LogP contribution in [-0.4, -0.2) is 109 Å². The maximum atomic E-state index is 13.8. The number of carbonyl (C=O) groups is 1. The predicted molar refractivity (Wildman–Crippen MR) is 145 cm³/mol. The monoisotopic (exact) mass is 589 g/mol. The zero-order chi connectivity index (χ0) is 28.8. The Labute approximate surface area is 238 Å². The summed E-state index contributed by atoms with van der Waals surface area (Å²) in [5.41, 5.74) is -0.0287. The second-order valence-corrected chi connectivity index (χ2v) is 10.7. The molecule has 2 aromatic heterocycles. The highest BCUT2D eigenvalue weighted by Gasteiger charge is 2.37. The summed E-state index contributed by atoms with van der Waals surface area (Å²) in [4.78, 5) is 29.1. The number of halogens is 3. The van der Waals surface area contributed by atoms with Gasteiger partial charge in [0.15, 0.2) is 11.5 Å². The van der Waals surface area contributed by atoms with E-state index in [9.17, 15) is 18.0 Å². The molecule has 4 aliphatic heterocycles. The van der Waals surface area contributed by atoms with Gasteiger partial charge in [-0.3, -0.25) is 9.69 Å². The number of benzene rings is 1. The molecule has 15 heteroatoms. The molecule has 0 aliphatic carbocycles. The van der Waals surface area contributed by atoms with E-state index < -0.39 is 11.7 Å². The Hall–Kier alpha value is -3.82. The van der Waals surface area contributed by atoms with Crippen LogP contribution in [0.1, 0.15) is 22.3 Å². The number of aromatic amines is 1. The van der Waals surface area contributed by atoms with Crippen molar-refractivity contribution >= 4 is 34.4 Å². The van der Waals surface area contributed by atoms with Crippen LogP contribution in [0, 0.1) is 0 Å². The number of fused-ring (bicyclic) bond motifs is 2. The molecular weight excluding hydrogens is 559 g/mol. The number of hydrogen-bond acceptors (Lipinski definition) is 10. The molecule has 224 valence electrons. The number of ether oxygens (including phenoxy) is 4. The molecule has 4 aliphatic rings. The van der Waals surface area contributed by atoms with Crippen molar-refractivity contribution in [1.82, 2.24) is 24.8 Å². The molecule has 0 radical (unpaired) electrons. The van der Waals surface area contributed by atoms with Gasteiger partial charge >= 0.3 is 6.18 Å². The molecule has 1 amide bonds. The fraction of sp³-hybridized carbons (Fsp3) is 0.519. The number of aromatic nitrogens is 3. The second-order valence-electron chi connectivity index (χ2n) is 10.7. The van der Waals surface area contributed by atoms with Gasteiger partial charge in [-0.25, -0.2) is 0 Å². The number of nitrogens with one attached hydrogen (secondary N) is 3. The summed E-state index contributed by atoms with van der Waals surface area (Å²) in [6, 6.07) is 3.57. The molecule has 0 bridgehead atoms. The molecule has 3 N–H and O–H groups in total. The minimum absolute atomic E-state index is 0.0201. The number of nitrogens with zero attached hydrogens (tertiary/aromatic N) is 4. The van der Waals surface area contributed by atoms with Crippen molar-refractivity contribution in [3.05, 3.63) is 29.5 Å². The Morgan fingerprint density at radius 3 is 2.45 bits per heavy atom. The summed E-state index contributed by atoms with van der Waals surface area (Å²) >= 11 is 0. The van der Waals surface area contributed by atoms with Gasteiger partial charge < -0.3 is 39.5 Å². The lowest BCUT2D eigenvalue weighted by Crippen LogP contribution is -2.57. The molecule has 3 saturated heterocycles. The third kappa shape index (κ3) is 5.05. The van der Waals surface area contributed by atoms with Gasteiger partial charge in [-0.05, 0) is 18.6 Å². The quantitative estimate of drug-likeness (QED) is 0.395. The highest BCUT2D eigenvalue weighted by molar-refractivity contribution is 5.99. The first-order valence-electron chi connectivity index (χ1n) is 14.0. The zero-order valence-corrected chi connectivity index (χ0v) is 22.6. The molecule has 3 fully saturated rings. The molecule has 42 heavy (non-hydrogen) atoms. The summed E-state index contributed by atoms with van der Waals surface area (Å²) in [5.74, 6) is 0.569. The van der Waals surface area contributed by atoms with Crippen LogP contribution in [-0.2, 0) is 15.7 Å². The average molecular weight is 590 g/mol. The molecule has 3 aromatic rings. The largest absolute Gasteiger partial charge is 0.485 e. The van der Waals surface area contributed by atoms with Crippen LogP contribution in [0.15, 0.2) is 18.3 Å². The van der Waals surface area contributed by atoms with Crippen molar-refractivity contribution in [2.24, 2.45) is 0 Å². The first kappa shape index (κ1) is 27.0. The van der Waals surface area contributed by atoms with E-state index in [0.29, 0.717) is 61.5 Å². The Morgan fingerprint density at radius 2 is 1.76 bits per heavy atom. The van der Waals surface area contributed by atoms with Gasteiger partial charge in [0.25, 0.3) is 5.91 Å². The van der Waals surface area contributed by atoms with Crippen molar-refractivity contribution in [2.75, 3.05) is 76.5 Å². The standard InChI is InChI=1S/C27H30F3N7O5/c28-27(29,30)18-11-31-23-20(18)24(32-15-3-8-39-12-15)35-26(34-23)33-19-2-1-17(21-22(19)42-10-9-41-21)25(38)37-6-4-36(5-7-37)16-13-40-14-16/h1-2,11,15-16H,3-10,12-14H2,(H3,31,32,33,34,35)/t15-/m1/s1. The first-order valence-corrected chi connectivity index (χ1v) is 14.0. The van der Waals surface area contributed by atoms with Crippen LogP contribution in [0.5, 0.6) is 11.5 Å². The van der Waals surface area contributed by atoms with E-state index in [1.807, 2.05) is 4.90 Å². The van der Waals surface area contributed by atoms with E-state index in [0.717, 1.165) is 32.5 Å². The van der Waals surface area contributed by atoms with E-state index in [4.69, 9.17) is 18.9 Å². The molecule has 12 nitrogen and oxygen atoms in total. The lowest BCUT2D eigenvalue weighted by atomic mass is 10.1. The minimum Gasteiger partial charge on any atom is -0.485 e. The number of hydrogen-bond donors (Lipinski definition) is 3. The van der Waals surface area contributed by atoms with Gasteiger partial charge in [0.1, 0.15) is 24.7 Å². The molecule has 6 heterocycles. The third-order valence-electron chi connectivity index (χ3n) is 8.01. The van der Waals surface area contributed by atoms with Crippen LogP contribution in [0.2, 0.25) is 0 Å². The smallest absolute Gasteiger partial charge is 0.418 e. The number of alkyl halides is 3. The van der Waals surface area contributed by atoms with Gasteiger partial charge in [-0.1, -0.05) is 0 Å². The topological polar surface area (TPSA) is 126 Å². The van der Waals surface area contributed by atoms with E-state index in [1.54, 1.807) is 12.1 Å². The molecular formula is C27H30F3N7O5. The van der Waals surface area contributed by atoms with E-state index >= 15 is 0 Å².